The van der Waals surface area contributed by atoms with Crippen LogP contribution >= 0.6 is 0 Å². The van der Waals surface area contributed by atoms with Crippen molar-refractivity contribution >= 4 is 44.6 Å². The van der Waals surface area contributed by atoms with Gasteiger partial charge >= 0.3 is 5.97 Å². The molecule has 1 N–H and O–H groups in total. The molecular formula is C27H35N5O6S. The number of anilines is 2. The molecule has 210 valence electrons. The number of fused-ring (bicyclic) bond motifs is 1. The highest BCUT2D eigenvalue weighted by Crippen LogP contribution is 2.30. The Morgan fingerprint density at radius 1 is 1.10 bits per heavy atom. The molecule has 0 radical (unpaired) electrons. The van der Waals surface area contributed by atoms with E-state index in [1.54, 1.807) is 44.4 Å². The summed E-state index contributed by atoms with van der Waals surface area (Å²) in [5.74, 6) is -0.650. The molecule has 2 fully saturated rings. The van der Waals surface area contributed by atoms with Crippen molar-refractivity contribution in [1.29, 1.82) is 0 Å². The summed E-state index contributed by atoms with van der Waals surface area (Å²) in [5, 5.41) is 8.04. The lowest BCUT2D eigenvalue weighted by atomic mass is 10.1. The molecule has 12 heteroatoms. The number of esters is 1. The molecule has 2 aliphatic heterocycles. The quantitative estimate of drug-likeness (QED) is 0.342. The highest BCUT2D eigenvalue weighted by atomic mass is 32.2. The number of piperazine rings is 1. The van der Waals surface area contributed by atoms with Gasteiger partial charge in [0.15, 0.2) is 5.69 Å². The molecule has 3 heterocycles. The number of nitrogens with one attached hydrogen (secondary N) is 1. The number of ether oxygens (including phenoxy) is 2. The molecule has 0 amide bonds. The average molecular weight is 558 g/mol. The van der Waals surface area contributed by atoms with Crippen molar-refractivity contribution < 1.29 is 27.5 Å². The minimum Gasteiger partial charge on any atom is -0.461 e. The Bertz CT molecular complexity index is 1420. The molecule has 11 nitrogen and oxygen atoms in total. The predicted octanol–water partition coefficient (Wildman–Crippen LogP) is 2.29. The number of carbonyl (C=O) groups is 2. The van der Waals surface area contributed by atoms with Gasteiger partial charge in [0.2, 0.25) is 0 Å². The molecule has 0 saturated carbocycles. The number of rotatable bonds is 7. The molecule has 3 aromatic rings. The number of carbonyl (C=O) groups excluding carboxylic acids is 2. The summed E-state index contributed by atoms with van der Waals surface area (Å²) in [4.78, 5) is 25.9. The van der Waals surface area contributed by atoms with Gasteiger partial charge in [0.05, 0.1) is 23.1 Å². The van der Waals surface area contributed by atoms with E-state index in [9.17, 15) is 13.2 Å². The van der Waals surface area contributed by atoms with Crippen LogP contribution in [0.3, 0.4) is 0 Å². The van der Waals surface area contributed by atoms with Crippen LogP contribution in [0.5, 0.6) is 0 Å². The van der Waals surface area contributed by atoms with Gasteiger partial charge in [-0.15, -0.1) is 5.10 Å². The van der Waals surface area contributed by atoms with Crippen LogP contribution in [0, 0.1) is 0 Å². The van der Waals surface area contributed by atoms with Gasteiger partial charge in [-0.25, -0.2) is 4.79 Å². The summed E-state index contributed by atoms with van der Waals surface area (Å²) >= 11 is 0. The SMILES string of the molecule is CC=O.CCOC(=O)c1nn(S(=O)(=O)c2cccc(N3CCC(OC)C3)c2)c2cc(N3CCNCC3)ccc12. The lowest BCUT2D eigenvalue weighted by Gasteiger charge is -2.29. The van der Waals surface area contributed by atoms with E-state index >= 15 is 0 Å². The van der Waals surface area contributed by atoms with Crippen molar-refractivity contribution in [3.05, 3.63) is 48.2 Å². The standard InChI is InChI=1S/C25H31N5O5S.C2H4O/c1-3-35-25(31)24-22-8-7-19(28-13-10-26-11-14-28)16-23(22)30(27-24)36(32,33)21-6-4-5-18(15-21)29-12-9-20(17-29)34-2;1-2-3/h4-8,15-16,20,26H,3,9-14,17H2,1-2H3;2H,1H3. The predicted molar refractivity (Wildman–Crippen MR) is 149 cm³/mol. The van der Waals surface area contributed by atoms with Crippen LogP contribution in [0.1, 0.15) is 30.8 Å². The van der Waals surface area contributed by atoms with E-state index in [0.717, 1.165) is 60.9 Å². The molecule has 2 aromatic carbocycles. The first-order valence-electron chi connectivity index (χ1n) is 13.0. The van der Waals surface area contributed by atoms with Crippen molar-refractivity contribution in [2.24, 2.45) is 0 Å². The topological polar surface area (TPSA) is 123 Å². The van der Waals surface area contributed by atoms with Crippen LogP contribution in [0.4, 0.5) is 11.4 Å². The van der Waals surface area contributed by atoms with Gasteiger partial charge in [0.25, 0.3) is 10.0 Å². The summed E-state index contributed by atoms with van der Waals surface area (Å²) in [5.41, 5.74) is 2.02. The van der Waals surface area contributed by atoms with Gasteiger partial charge < -0.3 is 29.4 Å². The molecule has 1 atom stereocenters. The van der Waals surface area contributed by atoms with Crippen molar-refractivity contribution in [3.63, 3.8) is 0 Å². The third-order valence-corrected chi connectivity index (χ3v) is 8.35. The van der Waals surface area contributed by atoms with Crippen LogP contribution in [-0.4, -0.2) is 88.9 Å². The maximum atomic E-state index is 13.9. The molecule has 0 aliphatic carbocycles. The summed E-state index contributed by atoms with van der Waals surface area (Å²) in [6, 6.07) is 12.3. The number of methoxy groups -OCH3 is 1. The van der Waals surface area contributed by atoms with E-state index in [0.29, 0.717) is 17.4 Å². The first-order valence-corrected chi connectivity index (χ1v) is 14.5. The molecule has 1 unspecified atom stereocenters. The Kier molecular flexibility index (Phi) is 9.20. The number of nitrogens with zero attached hydrogens (tertiary/aromatic N) is 4. The lowest BCUT2D eigenvalue weighted by molar-refractivity contribution is -0.106. The second kappa shape index (κ2) is 12.6. The first-order chi connectivity index (χ1) is 18.8. The molecule has 2 aliphatic rings. The first kappa shape index (κ1) is 28.5. The van der Waals surface area contributed by atoms with Crippen LogP contribution in [-0.2, 0) is 24.3 Å². The van der Waals surface area contributed by atoms with Gasteiger partial charge in [0.1, 0.15) is 6.29 Å². The molecule has 0 bridgehead atoms. The minimum atomic E-state index is -4.10. The van der Waals surface area contributed by atoms with Gasteiger partial charge in [-0.3, -0.25) is 0 Å². The van der Waals surface area contributed by atoms with Gasteiger partial charge in [-0.2, -0.15) is 12.5 Å². The number of hydrogen-bond donors (Lipinski definition) is 1. The minimum absolute atomic E-state index is 0.0130. The highest BCUT2D eigenvalue weighted by molar-refractivity contribution is 7.90. The zero-order valence-corrected chi connectivity index (χ0v) is 23.3. The van der Waals surface area contributed by atoms with Crippen LogP contribution < -0.4 is 15.1 Å². The van der Waals surface area contributed by atoms with E-state index in [4.69, 9.17) is 14.3 Å². The van der Waals surface area contributed by atoms with Crippen LogP contribution in [0.25, 0.3) is 10.9 Å². The number of hydrogen-bond acceptors (Lipinski definition) is 10. The average Bonchev–Trinajstić information content (AvgIpc) is 3.60. The summed E-state index contributed by atoms with van der Waals surface area (Å²) in [6.45, 7) is 8.09. The molecule has 2 saturated heterocycles. The Labute approximate surface area is 228 Å². The van der Waals surface area contributed by atoms with Gasteiger partial charge in [-0.05, 0) is 56.7 Å². The van der Waals surface area contributed by atoms with E-state index in [2.05, 4.69) is 20.2 Å². The second-order valence-corrected chi connectivity index (χ2v) is 10.9. The Balaban J connectivity index is 0.00000112. The molecule has 1 aromatic heterocycles. The number of aromatic nitrogens is 2. The smallest absolute Gasteiger partial charge is 0.359 e. The fourth-order valence-electron chi connectivity index (χ4n) is 4.83. The lowest BCUT2D eigenvalue weighted by Crippen LogP contribution is -2.43. The largest absolute Gasteiger partial charge is 0.461 e. The molecule has 39 heavy (non-hydrogen) atoms. The van der Waals surface area contributed by atoms with E-state index in [-0.39, 0.29) is 23.3 Å². The Morgan fingerprint density at radius 2 is 1.82 bits per heavy atom. The van der Waals surface area contributed by atoms with Crippen molar-refractivity contribution in [1.82, 2.24) is 14.5 Å². The normalized spacial score (nSPS) is 17.6. The van der Waals surface area contributed by atoms with Crippen LogP contribution in [0.15, 0.2) is 47.4 Å². The summed E-state index contributed by atoms with van der Waals surface area (Å²) < 4.78 is 39.4. The van der Waals surface area contributed by atoms with Gasteiger partial charge in [-0.1, -0.05) is 6.07 Å². The van der Waals surface area contributed by atoms with Crippen molar-refractivity contribution in [2.45, 2.75) is 31.3 Å². The monoisotopic (exact) mass is 557 g/mol. The van der Waals surface area contributed by atoms with Crippen molar-refractivity contribution in [2.75, 3.05) is 62.8 Å². The number of benzene rings is 2. The van der Waals surface area contributed by atoms with E-state index in [1.807, 2.05) is 12.1 Å². The fraction of sp³-hybridized carbons (Fsp3) is 0.444. The van der Waals surface area contributed by atoms with E-state index in [1.165, 1.54) is 6.92 Å². The Morgan fingerprint density at radius 3 is 2.49 bits per heavy atom. The summed E-state index contributed by atoms with van der Waals surface area (Å²) in [6.07, 6.45) is 1.76. The van der Waals surface area contributed by atoms with Crippen molar-refractivity contribution in [3.8, 4) is 0 Å². The van der Waals surface area contributed by atoms with Crippen LogP contribution in [0.2, 0.25) is 0 Å². The third kappa shape index (κ3) is 6.07. The molecular weight excluding hydrogens is 522 g/mol. The Hall–Kier alpha value is -3.48. The second-order valence-electron chi connectivity index (χ2n) is 9.18. The molecule has 0 spiro atoms. The summed E-state index contributed by atoms with van der Waals surface area (Å²) in [7, 11) is -2.41. The highest BCUT2D eigenvalue weighted by Gasteiger charge is 2.29. The maximum Gasteiger partial charge on any atom is 0.359 e. The maximum absolute atomic E-state index is 13.9. The van der Waals surface area contributed by atoms with E-state index < -0.39 is 16.0 Å². The fourth-order valence-corrected chi connectivity index (χ4v) is 6.14. The zero-order valence-electron chi connectivity index (χ0n) is 22.5. The number of aldehydes is 1. The molecule has 5 rings (SSSR count). The zero-order chi connectivity index (χ0) is 28.0. The third-order valence-electron chi connectivity index (χ3n) is 6.77. The van der Waals surface area contributed by atoms with Gasteiger partial charge in [0, 0.05) is 63.1 Å².